The van der Waals surface area contributed by atoms with E-state index in [4.69, 9.17) is 5.11 Å². The Kier molecular flexibility index (Phi) is 34.1. The number of aliphatic carboxylic acids is 1. The number of carboxylic acid groups (broad SMARTS) is 1. The van der Waals surface area contributed by atoms with Crippen LogP contribution in [0.1, 0.15) is 187 Å². The Morgan fingerprint density at radius 2 is 0.675 bits per heavy atom. The lowest BCUT2D eigenvalue weighted by Crippen LogP contribution is -1.93. The molecule has 0 unspecified atom stereocenters. The Balaban J connectivity index is 3.21. The minimum Gasteiger partial charge on any atom is -0.481 e. The van der Waals surface area contributed by atoms with Gasteiger partial charge in [-0.25, -0.2) is 0 Å². The summed E-state index contributed by atoms with van der Waals surface area (Å²) < 4.78 is 0. The highest BCUT2D eigenvalue weighted by Crippen LogP contribution is 2.15. The van der Waals surface area contributed by atoms with E-state index in [0.717, 1.165) is 32.1 Å². The van der Waals surface area contributed by atoms with E-state index in [1.807, 2.05) is 0 Å². The van der Waals surface area contributed by atoms with Crippen molar-refractivity contribution >= 4 is 5.97 Å². The summed E-state index contributed by atoms with van der Waals surface area (Å²) in [5, 5.41) is 8.63. The molecule has 0 aromatic carbocycles. The van der Waals surface area contributed by atoms with Crippen LogP contribution in [-0.4, -0.2) is 11.1 Å². The first kappa shape index (κ1) is 38.4. The van der Waals surface area contributed by atoms with E-state index >= 15 is 0 Å². The zero-order valence-electron chi connectivity index (χ0n) is 26.8. The van der Waals surface area contributed by atoms with Crippen molar-refractivity contribution in [2.24, 2.45) is 0 Å². The van der Waals surface area contributed by atoms with Crippen LogP contribution in [0.3, 0.4) is 0 Å². The lowest BCUT2D eigenvalue weighted by atomic mass is 10.0. The van der Waals surface area contributed by atoms with E-state index in [9.17, 15) is 4.79 Å². The van der Waals surface area contributed by atoms with Gasteiger partial charge in [0, 0.05) is 6.42 Å². The van der Waals surface area contributed by atoms with Crippen molar-refractivity contribution in [2.75, 3.05) is 0 Å². The van der Waals surface area contributed by atoms with Crippen molar-refractivity contribution in [3.8, 4) is 0 Å². The lowest BCUT2D eigenvalue weighted by molar-refractivity contribution is -0.137. The van der Waals surface area contributed by atoms with Crippen LogP contribution in [0.4, 0.5) is 0 Å². The molecule has 0 aromatic rings. The summed E-state index contributed by atoms with van der Waals surface area (Å²) in [5.41, 5.74) is 0. The molecule has 2 nitrogen and oxygen atoms in total. The van der Waals surface area contributed by atoms with Crippen LogP contribution in [0.15, 0.2) is 48.6 Å². The van der Waals surface area contributed by atoms with Gasteiger partial charge >= 0.3 is 5.97 Å². The molecule has 0 heterocycles. The topological polar surface area (TPSA) is 37.3 Å². The largest absolute Gasteiger partial charge is 0.481 e. The van der Waals surface area contributed by atoms with Gasteiger partial charge in [-0.3, -0.25) is 4.79 Å². The molecule has 0 aliphatic heterocycles. The van der Waals surface area contributed by atoms with E-state index in [0.29, 0.717) is 6.42 Å². The summed E-state index contributed by atoms with van der Waals surface area (Å²) in [6.45, 7) is 2.26. The maximum Gasteiger partial charge on any atom is 0.303 e. The van der Waals surface area contributed by atoms with E-state index in [1.54, 1.807) is 0 Å². The third-order valence-corrected chi connectivity index (χ3v) is 7.72. The Morgan fingerprint density at radius 1 is 0.400 bits per heavy atom. The predicted molar refractivity (Wildman–Crippen MR) is 179 cm³/mol. The SMILES string of the molecule is CCCCC/C=C\C/C=C\C/C=C\C/C=C\CCCCCCCCCCCCCCCCCCCCCC(=O)O. The van der Waals surface area contributed by atoms with Crippen molar-refractivity contribution in [1.29, 1.82) is 0 Å². The molecule has 1 N–H and O–H groups in total. The summed E-state index contributed by atoms with van der Waals surface area (Å²) in [5.74, 6) is -0.653. The maximum absolute atomic E-state index is 10.5. The molecular weight excluding hydrogens is 488 g/mol. The molecule has 0 aliphatic carbocycles. The van der Waals surface area contributed by atoms with Crippen LogP contribution in [-0.2, 0) is 4.79 Å². The molecule has 232 valence electrons. The molecule has 0 bridgehead atoms. The van der Waals surface area contributed by atoms with Crippen LogP contribution in [0.5, 0.6) is 0 Å². The number of hydrogen-bond donors (Lipinski definition) is 1. The van der Waals surface area contributed by atoms with E-state index in [-0.39, 0.29) is 0 Å². The van der Waals surface area contributed by atoms with Crippen LogP contribution < -0.4 is 0 Å². The molecule has 0 rings (SSSR count). The van der Waals surface area contributed by atoms with Gasteiger partial charge < -0.3 is 5.11 Å². The van der Waals surface area contributed by atoms with Crippen LogP contribution in [0.2, 0.25) is 0 Å². The van der Waals surface area contributed by atoms with Crippen molar-refractivity contribution in [3.05, 3.63) is 48.6 Å². The van der Waals surface area contributed by atoms with Gasteiger partial charge in [0.05, 0.1) is 0 Å². The molecule has 0 amide bonds. The van der Waals surface area contributed by atoms with Crippen LogP contribution in [0.25, 0.3) is 0 Å². The van der Waals surface area contributed by atoms with Gasteiger partial charge in [0.15, 0.2) is 0 Å². The van der Waals surface area contributed by atoms with E-state index in [1.165, 1.54) is 141 Å². The molecule has 0 aromatic heterocycles. The number of carbonyl (C=O) groups is 1. The van der Waals surface area contributed by atoms with Crippen LogP contribution >= 0.6 is 0 Å². The number of allylic oxidation sites excluding steroid dienone is 8. The Morgan fingerprint density at radius 3 is 1.00 bits per heavy atom. The zero-order valence-corrected chi connectivity index (χ0v) is 26.8. The third kappa shape index (κ3) is 36.4. The minimum atomic E-state index is -0.653. The molecule has 0 radical (unpaired) electrons. The minimum absolute atomic E-state index is 0.341. The third-order valence-electron chi connectivity index (χ3n) is 7.72. The molecule has 40 heavy (non-hydrogen) atoms. The van der Waals surface area contributed by atoms with Crippen molar-refractivity contribution < 1.29 is 9.90 Å². The highest BCUT2D eigenvalue weighted by atomic mass is 16.4. The Labute approximate surface area is 250 Å². The second-order valence-electron chi connectivity index (χ2n) is 11.7. The molecular formula is C38H68O2. The Bertz CT molecular complexity index is 613. The fourth-order valence-electron chi connectivity index (χ4n) is 5.10. The zero-order chi connectivity index (χ0) is 29.0. The second kappa shape index (κ2) is 35.5. The molecule has 0 aliphatic rings. The monoisotopic (exact) mass is 557 g/mol. The smallest absolute Gasteiger partial charge is 0.303 e. The molecule has 2 heteroatoms. The first-order valence-electron chi connectivity index (χ1n) is 17.6. The van der Waals surface area contributed by atoms with Gasteiger partial charge in [0.25, 0.3) is 0 Å². The summed E-state index contributed by atoms with van der Waals surface area (Å²) in [7, 11) is 0. The average molecular weight is 557 g/mol. The molecule has 0 fully saturated rings. The highest BCUT2D eigenvalue weighted by molar-refractivity contribution is 5.66. The molecule has 0 saturated carbocycles. The summed E-state index contributed by atoms with van der Waals surface area (Å²) >= 11 is 0. The van der Waals surface area contributed by atoms with Gasteiger partial charge in [0.2, 0.25) is 0 Å². The predicted octanol–water partition coefficient (Wildman–Crippen LogP) is 13.2. The summed E-state index contributed by atoms with van der Waals surface area (Å²) in [4.78, 5) is 10.5. The second-order valence-corrected chi connectivity index (χ2v) is 11.7. The highest BCUT2D eigenvalue weighted by Gasteiger charge is 1.97. The first-order chi connectivity index (χ1) is 19.8. The van der Waals surface area contributed by atoms with Crippen molar-refractivity contribution in [1.82, 2.24) is 0 Å². The first-order valence-corrected chi connectivity index (χ1v) is 17.6. The van der Waals surface area contributed by atoms with Gasteiger partial charge in [0.1, 0.15) is 0 Å². The van der Waals surface area contributed by atoms with Crippen molar-refractivity contribution in [3.63, 3.8) is 0 Å². The normalized spacial score (nSPS) is 12.2. The summed E-state index contributed by atoms with van der Waals surface area (Å²) in [6, 6.07) is 0. The lowest BCUT2D eigenvalue weighted by Gasteiger charge is -2.04. The van der Waals surface area contributed by atoms with Gasteiger partial charge in [-0.15, -0.1) is 0 Å². The summed E-state index contributed by atoms with van der Waals surface area (Å²) in [6.07, 6.45) is 54.0. The van der Waals surface area contributed by atoms with E-state index < -0.39 is 5.97 Å². The number of rotatable bonds is 32. The Hall–Kier alpha value is -1.57. The van der Waals surface area contributed by atoms with Gasteiger partial charge in [-0.05, 0) is 51.4 Å². The maximum atomic E-state index is 10.5. The number of carboxylic acids is 1. The van der Waals surface area contributed by atoms with Crippen molar-refractivity contribution in [2.45, 2.75) is 187 Å². The fourth-order valence-corrected chi connectivity index (χ4v) is 5.10. The van der Waals surface area contributed by atoms with Gasteiger partial charge in [-0.1, -0.05) is 178 Å². The van der Waals surface area contributed by atoms with E-state index in [2.05, 4.69) is 55.5 Å². The average Bonchev–Trinajstić information content (AvgIpc) is 2.95. The number of unbranched alkanes of at least 4 members (excludes halogenated alkanes) is 22. The van der Waals surface area contributed by atoms with Crippen LogP contribution in [0, 0.1) is 0 Å². The molecule has 0 spiro atoms. The quantitative estimate of drug-likeness (QED) is 0.0660. The number of hydrogen-bond acceptors (Lipinski definition) is 1. The van der Waals surface area contributed by atoms with Gasteiger partial charge in [-0.2, -0.15) is 0 Å². The molecule has 0 saturated heterocycles. The standard InChI is InChI=1S/C38H68O2/c1-2-3-4-5-6-7-8-9-10-11-12-13-14-15-16-17-18-19-20-21-22-23-24-25-26-27-28-29-30-31-32-33-34-35-36-37-38(39)40/h6-7,9-10,12-13,15-16H,2-5,8,11,14,17-37H2,1H3,(H,39,40)/b7-6-,10-9-,13-12-,16-15-. The molecule has 0 atom stereocenters. The fraction of sp³-hybridized carbons (Fsp3) is 0.763.